The first-order valence-electron chi connectivity index (χ1n) is 10.3. The summed E-state index contributed by atoms with van der Waals surface area (Å²) in [6.07, 6.45) is 1.80. The van der Waals surface area contributed by atoms with Gasteiger partial charge < -0.3 is 24.1 Å². The largest absolute Gasteiger partial charge is 0.484 e. The number of hydrogen-bond acceptors (Lipinski definition) is 6. The predicted octanol–water partition coefficient (Wildman–Crippen LogP) is 3.51. The first-order chi connectivity index (χ1) is 15.3. The van der Waals surface area contributed by atoms with Crippen LogP contribution in [0, 0.1) is 0 Å². The van der Waals surface area contributed by atoms with E-state index in [4.69, 9.17) is 13.9 Å². The van der Waals surface area contributed by atoms with Crippen LogP contribution in [0.1, 0.15) is 5.56 Å². The molecule has 31 heavy (non-hydrogen) atoms. The number of carbonyl (C=O) groups is 1. The van der Waals surface area contributed by atoms with Crippen LogP contribution < -0.4 is 15.0 Å². The van der Waals surface area contributed by atoms with Crippen LogP contribution >= 0.6 is 0 Å². The number of nitrogens with one attached hydrogen (secondary N) is 1. The second kappa shape index (κ2) is 8.65. The molecule has 5 rings (SSSR count). The van der Waals surface area contributed by atoms with Crippen molar-refractivity contribution < 1.29 is 18.7 Å². The van der Waals surface area contributed by atoms with Gasteiger partial charge in [-0.3, -0.25) is 4.79 Å². The van der Waals surface area contributed by atoms with Crippen molar-refractivity contribution in [2.75, 3.05) is 37.8 Å². The van der Waals surface area contributed by atoms with E-state index in [-0.39, 0.29) is 12.5 Å². The predicted molar refractivity (Wildman–Crippen MR) is 118 cm³/mol. The highest BCUT2D eigenvalue weighted by atomic mass is 16.5. The first kappa shape index (κ1) is 19.4. The quantitative estimate of drug-likeness (QED) is 0.517. The molecule has 1 amide bonds. The maximum atomic E-state index is 12.2. The number of pyridine rings is 1. The molecule has 4 aromatic rings. The number of nitrogens with zero attached hydrogens (tertiary/aromatic N) is 2. The SMILES string of the molecule is O=C(COc1ccc2oc3ccccc3c2c1)NCc1ccc(N2CCOCC2)nc1. The minimum atomic E-state index is -0.186. The topological polar surface area (TPSA) is 76.8 Å². The van der Waals surface area contributed by atoms with Gasteiger partial charge in [-0.25, -0.2) is 4.98 Å². The van der Waals surface area contributed by atoms with Gasteiger partial charge in [0.05, 0.1) is 13.2 Å². The van der Waals surface area contributed by atoms with Gasteiger partial charge in [-0.05, 0) is 35.9 Å². The normalized spacial score (nSPS) is 14.1. The second-order valence-corrected chi connectivity index (χ2v) is 7.45. The number of para-hydroxylation sites is 1. The summed E-state index contributed by atoms with van der Waals surface area (Å²) in [6.45, 7) is 3.50. The number of anilines is 1. The summed E-state index contributed by atoms with van der Waals surface area (Å²) in [5, 5.41) is 4.87. The third kappa shape index (κ3) is 4.32. The summed E-state index contributed by atoms with van der Waals surface area (Å²) in [5.74, 6) is 1.38. The van der Waals surface area contributed by atoms with Gasteiger partial charge in [-0.15, -0.1) is 0 Å². The van der Waals surface area contributed by atoms with Crippen molar-refractivity contribution >= 4 is 33.7 Å². The monoisotopic (exact) mass is 417 g/mol. The van der Waals surface area contributed by atoms with Gasteiger partial charge in [0, 0.05) is 36.6 Å². The molecule has 3 heterocycles. The van der Waals surface area contributed by atoms with E-state index in [1.54, 1.807) is 6.20 Å². The molecule has 7 nitrogen and oxygen atoms in total. The maximum absolute atomic E-state index is 12.2. The first-order valence-corrected chi connectivity index (χ1v) is 10.3. The van der Waals surface area contributed by atoms with Crippen LogP contribution in [0.25, 0.3) is 21.9 Å². The molecule has 0 saturated carbocycles. The Labute approximate surface area is 179 Å². The summed E-state index contributed by atoms with van der Waals surface area (Å²) in [7, 11) is 0. The third-order valence-electron chi connectivity index (χ3n) is 5.35. The number of benzene rings is 2. The van der Waals surface area contributed by atoms with E-state index in [1.165, 1.54) is 0 Å². The molecule has 1 aliphatic heterocycles. The Morgan fingerprint density at radius 2 is 1.87 bits per heavy atom. The van der Waals surface area contributed by atoms with Crippen molar-refractivity contribution in [3.8, 4) is 5.75 Å². The molecule has 0 aliphatic carbocycles. The van der Waals surface area contributed by atoms with Crippen LogP contribution in [-0.2, 0) is 16.1 Å². The van der Waals surface area contributed by atoms with Crippen molar-refractivity contribution in [2.24, 2.45) is 0 Å². The molecule has 1 aliphatic rings. The highest BCUT2D eigenvalue weighted by molar-refractivity contribution is 6.05. The number of fused-ring (bicyclic) bond motifs is 3. The van der Waals surface area contributed by atoms with E-state index >= 15 is 0 Å². The Bertz CT molecular complexity index is 1200. The zero-order chi connectivity index (χ0) is 21.0. The molecule has 7 heteroatoms. The number of amides is 1. The third-order valence-corrected chi connectivity index (χ3v) is 5.35. The molecular weight excluding hydrogens is 394 g/mol. The van der Waals surface area contributed by atoms with Crippen molar-refractivity contribution in [1.29, 1.82) is 0 Å². The Hall–Kier alpha value is -3.58. The molecule has 0 radical (unpaired) electrons. The molecule has 1 saturated heterocycles. The number of furan rings is 1. The lowest BCUT2D eigenvalue weighted by atomic mass is 10.1. The lowest BCUT2D eigenvalue weighted by Gasteiger charge is -2.27. The number of hydrogen-bond donors (Lipinski definition) is 1. The Kier molecular flexibility index (Phi) is 5.41. The van der Waals surface area contributed by atoms with Crippen molar-refractivity contribution in [1.82, 2.24) is 10.3 Å². The summed E-state index contributed by atoms with van der Waals surface area (Å²) >= 11 is 0. The summed E-state index contributed by atoms with van der Waals surface area (Å²) in [5.41, 5.74) is 2.57. The van der Waals surface area contributed by atoms with Crippen molar-refractivity contribution in [3.63, 3.8) is 0 Å². The maximum Gasteiger partial charge on any atom is 0.258 e. The zero-order valence-electron chi connectivity index (χ0n) is 17.0. The number of ether oxygens (including phenoxy) is 2. The minimum absolute atomic E-state index is 0.0550. The van der Waals surface area contributed by atoms with Crippen LogP contribution in [-0.4, -0.2) is 43.8 Å². The van der Waals surface area contributed by atoms with E-state index in [0.717, 1.165) is 59.6 Å². The molecule has 0 unspecified atom stereocenters. The van der Waals surface area contributed by atoms with Gasteiger partial charge in [-0.1, -0.05) is 24.3 Å². The molecule has 0 bridgehead atoms. The van der Waals surface area contributed by atoms with Crippen molar-refractivity contribution in [2.45, 2.75) is 6.54 Å². The number of aromatic nitrogens is 1. The molecule has 1 N–H and O–H groups in total. The fourth-order valence-electron chi connectivity index (χ4n) is 3.70. The Balaban J connectivity index is 1.15. The van der Waals surface area contributed by atoms with E-state index in [1.807, 2.05) is 54.6 Å². The van der Waals surface area contributed by atoms with Crippen LogP contribution in [0.5, 0.6) is 5.75 Å². The van der Waals surface area contributed by atoms with Crippen LogP contribution in [0.4, 0.5) is 5.82 Å². The summed E-state index contributed by atoms with van der Waals surface area (Å²) in [6, 6.07) is 17.4. The average molecular weight is 417 g/mol. The highest BCUT2D eigenvalue weighted by Gasteiger charge is 2.12. The molecule has 2 aromatic carbocycles. The lowest BCUT2D eigenvalue weighted by Crippen LogP contribution is -2.36. The molecule has 158 valence electrons. The van der Waals surface area contributed by atoms with Crippen LogP contribution in [0.2, 0.25) is 0 Å². The van der Waals surface area contributed by atoms with Gasteiger partial charge >= 0.3 is 0 Å². The summed E-state index contributed by atoms with van der Waals surface area (Å²) in [4.78, 5) is 18.9. The van der Waals surface area contributed by atoms with Gasteiger partial charge in [0.25, 0.3) is 5.91 Å². The molecule has 2 aromatic heterocycles. The van der Waals surface area contributed by atoms with Crippen molar-refractivity contribution in [3.05, 3.63) is 66.4 Å². The number of rotatable bonds is 6. The fraction of sp³-hybridized carbons (Fsp3) is 0.250. The fourth-order valence-corrected chi connectivity index (χ4v) is 3.70. The Morgan fingerprint density at radius 3 is 2.71 bits per heavy atom. The van der Waals surface area contributed by atoms with Gasteiger partial charge in [-0.2, -0.15) is 0 Å². The van der Waals surface area contributed by atoms with E-state index < -0.39 is 0 Å². The Morgan fingerprint density at radius 1 is 1.03 bits per heavy atom. The molecule has 0 spiro atoms. The molecular formula is C24H23N3O4. The minimum Gasteiger partial charge on any atom is -0.484 e. The average Bonchev–Trinajstić information content (AvgIpc) is 3.20. The zero-order valence-corrected chi connectivity index (χ0v) is 17.0. The van der Waals surface area contributed by atoms with Gasteiger partial charge in [0.2, 0.25) is 0 Å². The summed E-state index contributed by atoms with van der Waals surface area (Å²) < 4.78 is 16.9. The van der Waals surface area contributed by atoms with Crippen LogP contribution in [0.3, 0.4) is 0 Å². The lowest BCUT2D eigenvalue weighted by molar-refractivity contribution is -0.123. The standard InChI is InChI=1S/C24H23N3O4/c28-24(26-15-17-5-8-23(25-14-17)27-9-11-29-12-10-27)16-30-18-6-7-22-20(13-18)19-3-1-2-4-21(19)31-22/h1-8,13-14H,9-12,15-16H2,(H,26,28). The van der Waals surface area contributed by atoms with Gasteiger partial charge in [0.1, 0.15) is 22.7 Å². The van der Waals surface area contributed by atoms with E-state index in [0.29, 0.717) is 12.3 Å². The van der Waals surface area contributed by atoms with E-state index in [2.05, 4.69) is 15.2 Å². The smallest absolute Gasteiger partial charge is 0.258 e. The van der Waals surface area contributed by atoms with Gasteiger partial charge in [0.15, 0.2) is 6.61 Å². The second-order valence-electron chi connectivity index (χ2n) is 7.45. The number of carbonyl (C=O) groups excluding carboxylic acids is 1. The number of morpholine rings is 1. The molecule has 0 atom stereocenters. The highest BCUT2D eigenvalue weighted by Crippen LogP contribution is 2.31. The molecule has 1 fully saturated rings. The van der Waals surface area contributed by atoms with E-state index in [9.17, 15) is 4.79 Å². The van der Waals surface area contributed by atoms with Crippen LogP contribution in [0.15, 0.2) is 65.2 Å².